The number of nitrogens with zero attached hydrogens (tertiary/aromatic N) is 2. The van der Waals surface area contributed by atoms with E-state index in [0.717, 1.165) is 24.8 Å². The van der Waals surface area contributed by atoms with Crippen molar-refractivity contribution < 1.29 is 9.53 Å². The summed E-state index contributed by atoms with van der Waals surface area (Å²) in [5.41, 5.74) is 1.76. The van der Waals surface area contributed by atoms with Crippen LogP contribution in [-0.4, -0.2) is 15.9 Å². The lowest BCUT2D eigenvalue weighted by Crippen LogP contribution is -2.18. The number of H-pyrrole nitrogens is 1. The second kappa shape index (κ2) is 7.21. The molecule has 1 N–H and O–H groups in total. The number of aromatic amines is 1. The van der Waals surface area contributed by atoms with Crippen LogP contribution in [0.5, 0.6) is 0 Å². The second-order valence-electron chi connectivity index (χ2n) is 7.22. The minimum atomic E-state index is -0.696. The Bertz CT molecular complexity index is 1150. The third-order valence-corrected chi connectivity index (χ3v) is 6.25. The zero-order valence-electron chi connectivity index (χ0n) is 15.6. The van der Waals surface area contributed by atoms with Crippen molar-refractivity contribution in [2.45, 2.75) is 39.2 Å². The number of carbonyl (C=O) groups is 1. The summed E-state index contributed by atoms with van der Waals surface area (Å²) in [5.74, 6) is 0.427. The number of nitrogens with one attached hydrogen (secondary N) is 1. The zero-order valence-corrected chi connectivity index (χ0v) is 16.4. The minimum Gasteiger partial charge on any atom is -0.451 e. The number of carbonyl (C=O) groups excluding carboxylic acids is 1. The molecule has 1 aliphatic rings. The number of thiophene rings is 1. The fourth-order valence-corrected chi connectivity index (χ4v) is 4.91. The monoisotopic (exact) mass is 393 g/mol. The fourth-order valence-electron chi connectivity index (χ4n) is 3.52. The topological polar surface area (TPSA) is 95.8 Å². The van der Waals surface area contributed by atoms with Crippen molar-refractivity contribution in [3.63, 3.8) is 0 Å². The zero-order chi connectivity index (χ0) is 19.8. The van der Waals surface area contributed by atoms with Gasteiger partial charge in [0.05, 0.1) is 22.6 Å². The Balaban J connectivity index is 1.60. The summed E-state index contributed by atoms with van der Waals surface area (Å²) in [6.45, 7) is 3.91. The van der Waals surface area contributed by atoms with Crippen LogP contribution in [0.1, 0.15) is 58.6 Å². The van der Waals surface area contributed by atoms with Gasteiger partial charge in [-0.3, -0.25) is 4.79 Å². The molecule has 0 aliphatic heterocycles. The first-order valence-electron chi connectivity index (χ1n) is 9.22. The highest BCUT2D eigenvalue weighted by Gasteiger charge is 2.24. The van der Waals surface area contributed by atoms with E-state index in [1.807, 2.05) is 6.07 Å². The van der Waals surface area contributed by atoms with Crippen molar-refractivity contribution in [3.05, 3.63) is 62.0 Å². The summed E-state index contributed by atoms with van der Waals surface area (Å²) < 4.78 is 5.47. The van der Waals surface area contributed by atoms with Crippen molar-refractivity contribution in [1.82, 2.24) is 9.97 Å². The van der Waals surface area contributed by atoms with E-state index in [2.05, 4.69) is 16.9 Å². The molecule has 2 heterocycles. The van der Waals surface area contributed by atoms with Crippen LogP contribution in [0, 0.1) is 17.2 Å². The van der Waals surface area contributed by atoms with Gasteiger partial charge in [0.2, 0.25) is 0 Å². The molecule has 0 radical (unpaired) electrons. The fraction of sp³-hybridized carbons (Fsp3) is 0.333. The van der Waals surface area contributed by atoms with E-state index in [-0.39, 0.29) is 5.56 Å². The summed E-state index contributed by atoms with van der Waals surface area (Å²) in [6.07, 6.45) is 2.27. The number of rotatable bonds is 3. The Kier molecular flexibility index (Phi) is 4.73. The van der Waals surface area contributed by atoms with Crippen LogP contribution in [0.25, 0.3) is 10.2 Å². The quantitative estimate of drug-likeness (QED) is 0.681. The number of nitriles is 1. The van der Waals surface area contributed by atoms with Crippen LogP contribution < -0.4 is 5.56 Å². The highest BCUT2D eigenvalue weighted by Crippen LogP contribution is 2.36. The predicted molar refractivity (Wildman–Crippen MR) is 106 cm³/mol. The SMILES string of the molecule is C[C@H]1CCc2c(sc3nc([C@H](C)OC(=O)c4ccc(C#N)cc4)[nH]c(=O)c23)C1. The van der Waals surface area contributed by atoms with Crippen molar-refractivity contribution in [1.29, 1.82) is 5.26 Å². The molecule has 0 saturated carbocycles. The summed E-state index contributed by atoms with van der Waals surface area (Å²) in [7, 11) is 0. The lowest BCUT2D eigenvalue weighted by molar-refractivity contribution is 0.0320. The van der Waals surface area contributed by atoms with Crippen LogP contribution in [0.2, 0.25) is 0 Å². The molecule has 3 aromatic rings. The normalized spacial score (nSPS) is 17.0. The molecule has 0 saturated heterocycles. The lowest BCUT2D eigenvalue weighted by atomic mass is 9.89. The van der Waals surface area contributed by atoms with Crippen LogP contribution in [0.15, 0.2) is 29.1 Å². The standard InChI is InChI=1S/C21H19N3O3S/c1-11-3-8-15-16(9-11)28-20-17(15)19(25)23-18(24-20)12(2)27-21(26)14-6-4-13(10-22)5-7-14/h4-7,11-12H,3,8-9H2,1-2H3,(H,23,24,25)/t11-,12-/m0/s1. The number of fused-ring (bicyclic) bond motifs is 3. The number of ether oxygens (including phenoxy) is 1. The van der Waals surface area contributed by atoms with Crippen molar-refractivity contribution in [2.75, 3.05) is 0 Å². The van der Waals surface area contributed by atoms with E-state index in [0.29, 0.717) is 33.1 Å². The summed E-state index contributed by atoms with van der Waals surface area (Å²) >= 11 is 1.57. The number of esters is 1. The Hall–Kier alpha value is -2.98. The minimum absolute atomic E-state index is 0.173. The average molecular weight is 393 g/mol. The van der Waals surface area contributed by atoms with Crippen molar-refractivity contribution >= 4 is 27.5 Å². The van der Waals surface area contributed by atoms with Crippen LogP contribution in [0.3, 0.4) is 0 Å². The van der Waals surface area contributed by atoms with Crippen molar-refractivity contribution in [3.8, 4) is 6.07 Å². The van der Waals surface area contributed by atoms with Crippen LogP contribution >= 0.6 is 11.3 Å². The molecule has 0 unspecified atom stereocenters. The van der Waals surface area contributed by atoms with E-state index in [4.69, 9.17) is 10.00 Å². The van der Waals surface area contributed by atoms with Gasteiger partial charge in [0.1, 0.15) is 4.83 Å². The molecule has 1 aliphatic carbocycles. The van der Waals surface area contributed by atoms with Gasteiger partial charge in [0.15, 0.2) is 11.9 Å². The van der Waals surface area contributed by atoms with E-state index < -0.39 is 12.1 Å². The molecule has 0 amide bonds. The maximum atomic E-state index is 12.7. The van der Waals surface area contributed by atoms with Gasteiger partial charge in [-0.1, -0.05) is 6.92 Å². The summed E-state index contributed by atoms with van der Waals surface area (Å²) in [6, 6.07) is 8.21. The average Bonchev–Trinajstić information content (AvgIpc) is 3.05. The van der Waals surface area contributed by atoms with Gasteiger partial charge in [-0.25, -0.2) is 9.78 Å². The Morgan fingerprint density at radius 1 is 1.39 bits per heavy atom. The first kappa shape index (κ1) is 18.4. The molecule has 0 spiro atoms. The Morgan fingerprint density at radius 3 is 2.86 bits per heavy atom. The summed E-state index contributed by atoms with van der Waals surface area (Å²) in [5, 5.41) is 9.52. The number of hydrogen-bond acceptors (Lipinski definition) is 6. The molecule has 6 nitrogen and oxygen atoms in total. The third-order valence-electron chi connectivity index (χ3n) is 5.10. The highest BCUT2D eigenvalue weighted by molar-refractivity contribution is 7.18. The number of hydrogen-bond donors (Lipinski definition) is 1. The first-order valence-corrected chi connectivity index (χ1v) is 10.0. The van der Waals surface area contributed by atoms with Gasteiger partial charge in [0, 0.05) is 4.88 Å². The Morgan fingerprint density at radius 2 is 2.14 bits per heavy atom. The second-order valence-corrected chi connectivity index (χ2v) is 8.30. The van der Waals surface area contributed by atoms with Gasteiger partial charge < -0.3 is 9.72 Å². The molecule has 7 heteroatoms. The summed E-state index contributed by atoms with van der Waals surface area (Å²) in [4.78, 5) is 34.4. The first-order chi connectivity index (χ1) is 13.5. The number of aromatic nitrogens is 2. The molecule has 2 aromatic heterocycles. The van der Waals surface area contributed by atoms with Gasteiger partial charge in [-0.15, -0.1) is 11.3 Å². The van der Waals surface area contributed by atoms with Crippen LogP contribution in [-0.2, 0) is 17.6 Å². The van der Waals surface area contributed by atoms with Crippen molar-refractivity contribution in [2.24, 2.45) is 5.92 Å². The molecule has 4 rings (SSSR count). The largest absolute Gasteiger partial charge is 0.451 e. The predicted octanol–water partition coefficient (Wildman–Crippen LogP) is 3.90. The molecule has 0 bridgehead atoms. The molecule has 0 fully saturated rings. The van der Waals surface area contributed by atoms with E-state index >= 15 is 0 Å². The van der Waals surface area contributed by atoms with Crippen LogP contribution in [0.4, 0.5) is 0 Å². The highest BCUT2D eigenvalue weighted by atomic mass is 32.1. The number of benzene rings is 1. The van der Waals surface area contributed by atoms with E-state index in [9.17, 15) is 9.59 Å². The maximum Gasteiger partial charge on any atom is 0.338 e. The smallest absolute Gasteiger partial charge is 0.338 e. The van der Waals surface area contributed by atoms with Gasteiger partial charge in [-0.2, -0.15) is 5.26 Å². The van der Waals surface area contributed by atoms with Gasteiger partial charge >= 0.3 is 5.97 Å². The van der Waals surface area contributed by atoms with E-state index in [1.54, 1.807) is 42.5 Å². The molecule has 142 valence electrons. The van der Waals surface area contributed by atoms with Gasteiger partial charge in [0.25, 0.3) is 5.56 Å². The van der Waals surface area contributed by atoms with E-state index in [1.165, 1.54) is 4.88 Å². The Labute approximate surface area is 165 Å². The molecular formula is C21H19N3O3S. The molecule has 28 heavy (non-hydrogen) atoms. The maximum absolute atomic E-state index is 12.7. The molecule has 2 atom stereocenters. The number of aryl methyl sites for hydroxylation is 1. The van der Waals surface area contributed by atoms with Gasteiger partial charge in [-0.05, 0) is 61.9 Å². The lowest BCUT2D eigenvalue weighted by Gasteiger charge is -2.17. The molecular weight excluding hydrogens is 374 g/mol. The third kappa shape index (κ3) is 3.32. The molecule has 1 aromatic carbocycles.